The van der Waals surface area contributed by atoms with Crippen LogP contribution in [0, 0.1) is 0 Å². The average Bonchev–Trinajstić information content (AvgIpc) is 2.86. The van der Waals surface area contributed by atoms with E-state index in [1.807, 2.05) is 11.5 Å². The first-order valence-electron chi connectivity index (χ1n) is 6.32. The fourth-order valence-electron chi connectivity index (χ4n) is 1.62. The van der Waals surface area contributed by atoms with Gasteiger partial charge in [0.2, 0.25) is 5.91 Å². The molecule has 1 aromatic heterocycles. The summed E-state index contributed by atoms with van der Waals surface area (Å²) in [5.41, 5.74) is 0.674. The maximum absolute atomic E-state index is 12.2. The Bertz CT molecular complexity index is 643. The number of hydrogen-bond acceptors (Lipinski definition) is 4. The van der Waals surface area contributed by atoms with Gasteiger partial charge in [0.15, 0.2) is 5.16 Å². The van der Waals surface area contributed by atoms with Crippen LogP contribution in [0.5, 0.6) is 0 Å². The number of thioether (sulfide) groups is 1. The van der Waals surface area contributed by atoms with Gasteiger partial charge < -0.3 is 9.88 Å². The molecule has 0 aliphatic heterocycles. The fourth-order valence-corrected chi connectivity index (χ4v) is 2.65. The second-order valence-electron chi connectivity index (χ2n) is 4.31. The molecule has 0 aliphatic carbocycles. The van der Waals surface area contributed by atoms with Crippen molar-refractivity contribution in [1.82, 2.24) is 14.8 Å². The Labute approximate surface area is 132 Å². The van der Waals surface area contributed by atoms with Gasteiger partial charge in [0.25, 0.3) is 0 Å². The van der Waals surface area contributed by atoms with Gasteiger partial charge >= 0.3 is 0 Å². The summed E-state index contributed by atoms with van der Waals surface area (Å²) in [6, 6.07) is 7.04. The van der Waals surface area contributed by atoms with Crippen LogP contribution in [-0.2, 0) is 11.3 Å². The maximum Gasteiger partial charge on any atom is 0.237 e. The van der Waals surface area contributed by atoms with Crippen molar-refractivity contribution in [2.24, 2.45) is 0 Å². The van der Waals surface area contributed by atoms with E-state index in [2.05, 4.69) is 22.1 Å². The normalized spacial score (nSPS) is 11.9. The molecule has 1 amide bonds. The van der Waals surface area contributed by atoms with Gasteiger partial charge in [0.05, 0.1) is 5.25 Å². The number of carbonyl (C=O) groups excluding carboxylic acids is 1. The average molecular weight is 323 g/mol. The zero-order valence-corrected chi connectivity index (χ0v) is 13.1. The van der Waals surface area contributed by atoms with Crippen molar-refractivity contribution in [3.8, 4) is 0 Å². The quantitative estimate of drug-likeness (QED) is 0.655. The molecule has 2 aromatic rings. The molecule has 1 aromatic carbocycles. The highest BCUT2D eigenvalue weighted by molar-refractivity contribution is 8.00. The number of anilines is 1. The molecule has 5 nitrogen and oxygen atoms in total. The van der Waals surface area contributed by atoms with Crippen LogP contribution in [0.2, 0.25) is 5.02 Å². The molecular weight excluding hydrogens is 308 g/mol. The highest BCUT2D eigenvalue weighted by Crippen LogP contribution is 2.23. The molecule has 1 N–H and O–H groups in total. The summed E-state index contributed by atoms with van der Waals surface area (Å²) in [7, 11) is 0. The molecule has 0 fully saturated rings. The summed E-state index contributed by atoms with van der Waals surface area (Å²) in [6.07, 6.45) is 3.37. The van der Waals surface area contributed by atoms with E-state index in [1.54, 1.807) is 36.7 Å². The summed E-state index contributed by atoms with van der Waals surface area (Å²) in [4.78, 5) is 12.2. The third-order valence-electron chi connectivity index (χ3n) is 2.65. The van der Waals surface area contributed by atoms with Gasteiger partial charge in [-0.2, -0.15) is 0 Å². The number of nitrogens with zero attached hydrogens (tertiary/aromatic N) is 3. The molecule has 2 rings (SSSR count). The Balaban J connectivity index is 1.99. The number of halogens is 1. The number of rotatable bonds is 6. The number of amides is 1. The molecule has 7 heteroatoms. The third kappa shape index (κ3) is 4.34. The van der Waals surface area contributed by atoms with E-state index in [1.165, 1.54) is 11.8 Å². The molecule has 0 aliphatic rings. The standard InChI is InChI=1S/C14H15ClN4OS/c1-3-7-19-9-16-18-14(19)21-10(2)13(20)17-12-6-4-5-11(15)8-12/h3-6,8-10H,1,7H2,2H3,(H,17,20)/t10-/m0/s1. The van der Waals surface area contributed by atoms with Crippen LogP contribution in [0.3, 0.4) is 0 Å². The van der Waals surface area contributed by atoms with E-state index < -0.39 is 0 Å². The largest absolute Gasteiger partial charge is 0.325 e. The van der Waals surface area contributed by atoms with E-state index in [0.717, 1.165) is 0 Å². The molecule has 0 bridgehead atoms. The Hall–Kier alpha value is -1.79. The molecule has 0 spiro atoms. The molecule has 0 saturated carbocycles. The maximum atomic E-state index is 12.2. The molecule has 0 saturated heterocycles. The number of benzene rings is 1. The minimum absolute atomic E-state index is 0.115. The van der Waals surface area contributed by atoms with Crippen LogP contribution in [-0.4, -0.2) is 25.9 Å². The molecule has 1 heterocycles. The Morgan fingerprint density at radius 3 is 3.14 bits per heavy atom. The van der Waals surface area contributed by atoms with Gasteiger partial charge in [-0.05, 0) is 25.1 Å². The zero-order chi connectivity index (χ0) is 15.2. The van der Waals surface area contributed by atoms with Crippen molar-refractivity contribution in [3.05, 3.63) is 48.3 Å². The van der Waals surface area contributed by atoms with Gasteiger partial charge in [-0.25, -0.2) is 0 Å². The van der Waals surface area contributed by atoms with E-state index in [4.69, 9.17) is 11.6 Å². The lowest BCUT2D eigenvalue weighted by Crippen LogP contribution is -2.22. The Morgan fingerprint density at radius 2 is 2.43 bits per heavy atom. The molecule has 110 valence electrons. The summed E-state index contributed by atoms with van der Waals surface area (Å²) in [5, 5.41) is 11.6. The van der Waals surface area contributed by atoms with E-state index in [-0.39, 0.29) is 11.2 Å². The molecule has 0 radical (unpaired) electrons. The van der Waals surface area contributed by atoms with Gasteiger partial charge in [0.1, 0.15) is 6.33 Å². The Kier molecular flexibility index (Phi) is 5.41. The lowest BCUT2D eigenvalue weighted by molar-refractivity contribution is -0.115. The van der Waals surface area contributed by atoms with E-state index in [9.17, 15) is 4.79 Å². The second kappa shape index (κ2) is 7.28. The van der Waals surface area contributed by atoms with E-state index in [0.29, 0.717) is 22.4 Å². The topological polar surface area (TPSA) is 59.8 Å². The minimum atomic E-state index is -0.309. The first kappa shape index (κ1) is 15.6. The summed E-state index contributed by atoms with van der Waals surface area (Å²) < 4.78 is 1.83. The van der Waals surface area contributed by atoms with Crippen LogP contribution in [0.15, 0.2) is 48.4 Å². The second-order valence-corrected chi connectivity index (χ2v) is 6.06. The molecule has 0 unspecified atom stereocenters. The SMILES string of the molecule is C=CCn1cnnc1S[C@@H](C)C(=O)Nc1cccc(Cl)c1. The summed E-state index contributed by atoms with van der Waals surface area (Å²) >= 11 is 7.24. The first-order valence-corrected chi connectivity index (χ1v) is 7.57. The number of nitrogens with one attached hydrogen (secondary N) is 1. The van der Waals surface area contributed by atoms with Crippen LogP contribution in [0.4, 0.5) is 5.69 Å². The van der Waals surface area contributed by atoms with Crippen molar-refractivity contribution in [3.63, 3.8) is 0 Å². The third-order valence-corrected chi connectivity index (χ3v) is 3.98. The lowest BCUT2D eigenvalue weighted by atomic mass is 10.3. The molecule has 1 atom stereocenters. The molecular formula is C14H15ClN4OS. The number of hydrogen-bond donors (Lipinski definition) is 1. The van der Waals surface area contributed by atoms with Crippen molar-refractivity contribution in [1.29, 1.82) is 0 Å². The smallest absolute Gasteiger partial charge is 0.237 e. The Morgan fingerprint density at radius 1 is 1.62 bits per heavy atom. The number of carbonyl (C=O) groups is 1. The predicted molar refractivity (Wildman–Crippen MR) is 85.6 cm³/mol. The minimum Gasteiger partial charge on any atom is -0.325 e. The van der Waals surface area contributed by atoms with Crippen molar-refractivity contribution >= 4 is 35.0 Å². The monoisotopic (exact) mass is 322 g/mol. The number of allylic oxidation sites excluding steroid dienone is 1. The van der Waals surface area contributed by atoms with E-state index >= 15 is 0 Å². The summed E-state index contributed by atoms with van der Waals surface area (Å²) in [5.74, 6) is -0.115. The van der Waals surface area contributed by atoms with Crippen molar-refractivity contribution in [2.45, 2.75) is 23.9 Å². The first-order chi connectivity index (χ1) is 10.1. The highest BCUT2D eigenvalue weighted by atomic mass is 35.5. The van der Waals surface area contributed by atoms with Crippen LogP contribution in [0.25, 0.3) is 0 Å². The van der Waals surface area contributed by atoms with Crippen molar-refractivity contribution < 1.29 is 4.79 Å². The van der Waals surface area contributed by atoms with Gasteiger partial charge in [-0.15, -0.1) is 16.8 Å². The van der Waals surface area contributed by atoms with Gasteiger partial charge in [-0.3, -0.25) is 4.79 Å². The van der Waals surface area contributed by atoms with Crippen LogP contribution >= 0.6 is 23.4 Å². The van der Waals surface area contributed by atoms with Crippen LogP contribution < -0.4 is 5.32 Å². The molecule has 21 heavy (non-hydrogen) atoms. The summed E-state index contributed by atoms with van der Waals surface area (Å²) in [6.45, 7) is 6.10. The van der Waals surface area contributed by atoms with Gasteiger partial charge in [0, 0.05) is 17.3 Å². The lowest BCUT2D eigenvalue weighted by Gasteiger charge is -2.12. The zero-order valence-electron chi connectivity index (χ0n) is 11.5. The van der Waals surface area contributed by atoms with Crippen LogP contribution in [0.1, 0.15) is 6.92 Å². The van der Waals surface area contributed by atoms with Gasteiger partial charge in [-0.1, -0.05) is 35.5 Å². The predicted octanol–water partition coefficient (Wildman–Crippen LogP) is 3.24. The number of aromatic nitrogens is 3. The van der Waals surface area contributed by atoms with Crippen molar-refractivity contribution in [2.75, 3.05) is 5.32 Å². The fraction of sp³-hybridized carbons (Fsp3) is 0.214. The highest BCUT2D eigenvalue weighted by Gasteiger charge is 2.17.